The van der Waals surface area contributed by atoms with Crippen molar-refractivity contribution >= 4 is 33.4 Å². The van der Waals surface area contributed by atoms with Gasteiger partial charge in [0, 0.05) is 64.5 Å². The van der Waals surface area contributed by atoms with Crippen LogP contribution in [-0.2, 0) is 29.2 Å². The Labute approximate surface area is 206 Å². The summed E-state index contributed by atoms with van der Waals surface area (Å²) in [6, 6.07) is 5.76. The maximum Gasteiger partial charge on any atom is 0.382 e. The Kier molecular flexibility index (Phi) is 11.7. The number of amides is 3. The molecule has 1 heterocycles. The van der Waals surface area contributed by atoms with Crippen molar-refractivity contribution in [2.24, 2.45) is 0 Å². The van der Waals surface area contributed by atoms with Crippen LogP contribution in [0.5, 0.6) is 0 Å². The molecule has 192 valence electrons. The molecule has 1 aromatic carbocycles. The molecule has 0 aromatic heterocycles. The van der Waals surface area contributed by atoms with Gasteiger partial charge >= 0.3 is 13.9 Å². The van der Waals surface area contributed by atoms with Crippen LogP contribution in [0.25, 0.3) is 0 Å². The summed E-state index contributed by atoms with van der Waals surface area (Å²) in [4.78, 5) is 51.8. The van der Waals surface area contributed by atoms with E-state index in [-0.39, 0.29) is 12.3 Å². The molecular weight excluding hydrogens is 477 g/mol. The Morgan fingerprint density at radius 2 is 1.37 bits per heavy atom. The lowest BCUT2D eigenvalue weighted by Crippen LogP contribution is -2.49. The molecule has 0 saturated carbocycles. The lowest BCUT2D eigenvalue weighted by atomic mass is 10.1. The van der Waals surface area contributed by atoms with Crippen molar-refractivity contribution in [2.45, 2.75) is 25.2 Å². The van der Waals surface area contributed by atoms with E-state index in [4.69, 9.17) is 4.74 Å². The number of nitrogens with zero attached hydrogens (tertiary/aromatic N) is 5. The third-order valence-corrected chi connectivity index (χ3v) is 6.98. The van der Waals surface area contributed by atoms with E-state index in [1.165, 1.54) is 24.3 Å². The van der Waals surface area contributed by atoms with Crippen LogP contribution in [0.2, 0.25) is 0 Å². The fraction of sp³-hybridized carbons (Fsp3) is 0.591. The molecule has 0 N–H and O–H groups in total. The molecular formula is C22H33N5O7P+. The number of benzene rings is 1. The highest BCUT2D eigenvalue weighted by molar-refractivity contribution is 7.25. The standard InChI is InChI=1S/C22H32N5O7P/c1-2-34-22(35-33,20-5-7-21(8-6-20)27(31)32)26-12-4-11-24(18-29)14-13-23(17-28)9-3-10-25(19-30)15-16-26/h5-8,17-19H,2-4,9-16H2,1H3/p+1. The van der Waals surface area contributed by atoms with Crippen LogP contribution in [0.1, 0.15) is 25.3 Å². The van der Waals surface area contributed by atoms with Gasteiger partial charge in [-0.2, -0.15) is 0 Å². The van der Waals surface area contributed by atoms with Crippen molar-refractivity contribution in [3.63, 3.8) is 0 Å². The van der Waals surface area contributed by atoms with E-state index in [1.807, 2.05) is 4.90 Å². The first kappa shape index (κ1) is 28.3. The lowest BCUT2D eigenvalue weighted by molar-refractivity contribution is -0.384. The average molecular weight is 511 g/mol. The summed E-state index contributed by atoms with van der Waals surface area (Å²) in [5, 5.41) is 11.1. The first-order valence-corrected chi connectivity index (χ1v) is 12.5. The second kappa shape index (κ2) is 14.4. The van der Waals surface area contributed by atoms with Gasteiger partial charge < -0.3 is 19.4 Å². The number of rotatable bonds is 9. The number of hydrogen-bond acceptors (Lipinski definition) is 8. The predicted octanol–water partition coefficient (Wildman–Crippen LogP) is 1.24. The first-order valence-electron chi connectivity index (χ1n) is 11.5. The van der Waals surface area contributed by atoms with Crippen LogP contribution >= 0.6 is 8.46 Å². The molecule has 0 bridgehead atoms. The Balaban J connectivity index is 2.37. The Bertz CT molecular complexity index is 859. The Morgan fingerprint density at radius 1 is 0.886 bits per heavy atom. The lowest BCUT2D eigenvalue weighted by Gasteiger charge is -2.35. The maximum atomic E-state index is 12.7. The molecule has 2 rings (SSSR count). The zero-order valence-corrected chi connectivity index (χ0v) is 20.9. The van der Waals surface area contributed by atoms with Crippen LogP contribution in [0.3, 0.4) is 0 Å². The second-order valence-electron chi connectivity index (χ2n) is 8.10. The molecule has 2 unspecified atom stereocenters. The zero-order valence-electron chi connectivity index (χ0n) is 19.9. The molecule has 1 aromatic rings. The van der Waals surface area contributed by atoms with Crippen LogP contribution in [0, 0.1) is 10.1 Å². The molecule has 3 amide bonds. The Hall–Kier alpha value is -2.95. The quantitative estimate of drug-likeness (QED) is 0.210. The highest BCUT2D eigenvalue weighted by atomic mass is 31.1. The molecule has 0 radical (unpaired) electrons. The van der Waals surface area contributed by atoms with Gasteiger partial charge in [0.15, 0.2) is 0 Å². The molecule has 1 saturated heterocycles. The molecule has 35 heavy (non-hydrogen) atoms. The van der Waals surface area contributed by atoms with Gasteiger partial charge in [0.2, 0.25) is 19.2 Å². The molecule has 0 aliphatic carbocycles. The SMILES string of the molecule is CCOC([PH+]=O)(c1ccc([N+](=O)[O-])cc1)N1CCCN(C=O)CCN(C=O)CCCN(C=O)CC1. The topological polar surface area (TPSA) is 134 Å². The number of nitro groups is 1. The van der Waals surface area contributed by atoms with Crippen molar-refractivity contribution in [1.82, 2.24) is 19.6 Å². The van der Waals surface area contributed by atoms with Crippen molar-refractivity contribution in [3.8, 4) is 0 Å². The van der Waals surface area contributed by atoms with Crippen LogP contribution in [-0.4, -0.2) is 103 Å². The van der Waals surface area contributed by atoms with Crippen molar-refractivity contribution in [3.05, 3.63) is 39.9 Å². The number of carbonyl (C=O) groups excluding carboxylic acids is 3. The minimum atomic E-state index is -1.37. The molecule has 0 spiro atoms. The normalized spacial score (nSPS) is 18.9. The summed E-state index contributed by atoms with van der Waals surface area (Å²) >= 11 is 0. The third kappa shape index (κ3) is 7.78. The number of non-ortho nitro benzene ring substituents is 1. The third-order valence-electron chi connectivity index (χ3n) is 5.95. The molecule has 12 nitrogen and oxygen atoms in total. The molecule has 13 heteroatoms. The van der Waals surface area contributed by atoms with E-state index in [0.717, 1.165) is 19.2 Å². The van der Waals surface area contributed by atoms with Crippen molar-refractivity contribution in [2.75, 3.05) is 59.0 Å². The number of carbonyl (C=O) groups is 3. The van der Waals surface area contributed by atoms with Gasteiger partial charge in [-0.1, -0.05) is 4.57 Å². The summed E-state index contributed by atoms with van der Waals surface area (Å²) in [5.41, 5.74) is -0.950. The summed E-state index contributed by atoms with van der Waals surface area (Å²) < 4.78 is 18.8. The van der Waals surface area contributed by atoms with E-state index in [1.54, 1.807) is 21.6 Å². The van der Waals surface area contributed by atoms with Gasteiger partial charge in [0.25, 0.3) is 5.69 Å². The van der Waals surface area contributed by atoms with Gasteiger partial charge in [0.1, 0.15) is 0 Å². The summed E-state index contributed by atoms with van der Waals surface area (Å²) in [6.07, 6.45) is 3.33. The summed E-state index contributed by atoms with van der Waals surface area (Å²) in [7, 11) is -0.958. The van der Waals surface area contributed by atoms with E-state index >= 15 is 0 Å². The fourth-order valence-corrected chi connectivity index (χ4v) is 4.89. The van der Waals surface area contributed by atoms with Gasteiger partial charge in [0.05, 0.1) is 17.1 Å². The zero-order chi connectivity index (χ0) is 25.7. The Morgan fingerprint density at radius 3 is 1.80 bits per heavy atom. The minimum Gasteiger partial charge on any atom is -0.344 e. The predicted molar refractivity (Wildman–Crippen MR) is 129 cm³/mol. The number of nitro benzene ring substituents is 1. The van der Waals surface area contributed by atoms with Crippen LogP contribution in [0.4, 0.5) is 5.69 Å². The van der Waals surface area contributed by atoms with E-state index in [0.29, 0.717) is 70.8 Å². The molecule has 1 aliphatic rings. The monoisotopic (exact) mass is 510 g/mol. The highest BCUT2D eigenvalue weighted by Gasteiger charge is 2.48. The maximum absolute atomic E-state index is 12.7. The first-order chi connectivity index (χ1) is 16.9. The van der Waals surface area contributed by atoms with Gasteiger partial charge in [-0.3, -0.25) is 24.5 Å². The number of ether oxygens (including phenoxy) is 1. The molecule has 2 atom stereocenters. The van der Waals surface area contributed by atoms with Crippen molar-refractivity contribution in [1.29, 1.82) is 0 Å². The minimum absolute atomic E-state index is 0.0903. The summed E-state index contributed by atoms with van der Waals surface area (Å²) in [6.45, 7) is 5.11. The van der Waals surface area contributed by atoms with Gasteiger partial charge in [-0.15, -0.1) is 0 Å². The average Bonchev–Trinajstić information content (AvgIpc) is 2.88. The summed E-state index contributed by atoms with van der Waals surface area (Å²) in [5.74, 6) is 0. The fourth-order valence-electron chi connectivity index (χ4n) is 4.05. The van der Waals surface area contributed by atoms with Crippen LogP contribution in [0.15, 0.2) is 24.3 Å². The van der Waals surface area contributed by atoms with E-state index in [9.17, 15) is 29.1 Å². The molecule has 1 aliphatic heterocycles. The van der Waals surface area contributed by atoms with E-state index in [2.05, 4.69) is 0 Å². The smallest absolute Gasteiger partial charge is 0.344 e. The largest absolute Gasteiger partial charge is 0.382 e. The molecule has 1 fully saturated rings. The number of hydrogen-bond donors (Lipinski definition) is 0. The second-order valence-corrected chi connectivity index (χ2v) is 8.98. The van der Waals surface area contributed by atoms with Crippen LogP contribution < -0.4 is 0 Å². The van der Waals surface area contributed by atoms with E-state index < -0.39 is 18.8 Å². The highest BCUT2D eigenvalue weighted by Crippen LogP contribution is 2.41. The van der Waals surface area contributed by atoms with Crippen molar-refractivity contribution < 1.29 is 28.6 Å². The van der Waals surface area contributed by atoms with Gasteiger partial charge in [-0.25, -0.2) is 4.90 Å². The van der Waals surface area contributed by atoms with Gasteiger partial charge in [-0.05, 0) is 31.9 Å².